The van der Waals surface area contributed by atoms with Gasteiger partial charge in [-0.2, -0.15) is 0 Å². The first kappa shape index (κ1) is 16.0. The standard InChI is InChI=1S/C16H18N2O3S/c1-10-11(2)22-16(17-10)18-15(19)6-5-12-7-13(20-3)9-14(8-12)21-4/h5-9H,1-4H3,(H,17,18,19)/b6-5+. The summed E-state index contributed by atoms with van der Waals surface area (Å²) in [7, 11) is 3.17. The Morgan fingerprint density at radius 3 is 2.32 bits per heavy atom. The molecule has 0 aliphatic heterocycles. The Kier molecular flexibility index (Phi) is 5.16. The molecule has 0 spiro atoms. The highest BCUT2D eigenvalue weighted by Crippen LogP contribution is 2.24. The van der Waals surface area contributed by atoms with Crippen LogP contribution in [-0.2, 0) is 4.79 Å². The van der Waals surface area contributed by atoms with Gasteiger partial charge >= 0.3 is 0 Å². The Labute approximate surface area is 133 Å². The highest BCUT2D eigenvalue weighted by atomic mass is 32.1. The largest absolute Gasteiger partial charge is 0.497 e. The SMILES string of the molecule is COc1cc(/C=C/C(=O)Nc2nc(C)c(C)s2)cc(OC)c1. The number of aromatic nitrogens is 1. The van der Waals surface area contributed by atoms with Crippen molar-refractivity contribution in [3.8, 4) is 11.5 Å². The molecule has 116 valence electrons. The van der Waals surface area contributed by atoms with Gasteiger partial charge in [0.25, 0.3) is 0 Å². The van der Waals surface area contributed by atoms with E-state index in [1.807, 2.05) is 26.0 Å². The minimum absolute atomic E-state index is 0.226. The number of ether oxygens (including phenoxy) is 2. The molecule has 2 aromatic rings. The van der Waals surface area contributed by atoms with Gasteiger partial charge in [0.1, 0.15) is 11.5 Å². The number of thiazole rings is 1. The van der Waals surface area contributed by atoms with Gasteiger partial charge in [-0.05, 0) is 37.6 Å². The van der Waals surface area contributed by atoms with Gasteiger partial charge in [-0.25, -0.2) is 4.98 Å². The molecule has 0 radical (unpaired) electrons. The Balaban J connectivity index is 2.09. The predicted molar refractivity (Wildman–Crippen MR) is 88.8 cm³/mol. The number of hydrogen-bond donors (Lipinski definition) is 1. The van der Waals surface area contributed by atoms with E-state index < -0.39 is 0 Å². The van der Waals surface area contributed by atoms with Crippen molar-refractivity contribution in [2.24, 2.45) is 0 Å². The van der Waals surface area contributed by atoms with Gasteiger partial charge in [0.2, 0.25) is 5.91 Å². The van der Waals surface area contributed by atoms with Crippen LogP contribution in [0.1, 0.15) is 16.1 Å². The maximum Gasteiger partial charge on any atom is 0.250 e. The lowest BCUT2D eigenvalue weighted by atomic mass is 10.2. The van der Waals surface area contributed by atoms with Crippen molar-refractivity contribution >= 4 is 28.5 Å². The molecule has 6 heteroatoms. The first-order valence-corrected chi connectivity index (χ1v) is 7.49. The molecule has 5 nitrogen and oxygen atoms in total. The molecule has 22 heavy (non-hydrogen) atoms. The molecule has 0 bridgehead atoms. The summed E-state index contributed by atoms with van der Waals surface area (Å²) in [5.41, 5.74) is 1.75. The molecule has 1 aromatic heterocycles. The molecule has 0 fully saturated rings. The Bertz CT molecular complexity index is 666. The van der Waals surface area contributed by atoms with E-state index in [-0.39, 0.29) is 5.91 Å². The highest BCUT2D eigenvalue weighted by Gasteiger charge is 2.06. The maximum absolute atomic E-state index is 11.9. The second-order valence-corrected chi connectivity index (χ2v) is 5.83. The summed E-state index contributed by atoms with van der Waals surface area (Å²) in [6, 6.07) is 5.42. The Morgan fingerprint density at radius 2 is 1.82 bits per heavy atom. The summed E-state index contributed by atoms with van der Waals surface area (Å²) < 4.78 is 10.4. The molecule has 0 saturated heterocycles. The van der Waals surface area contributed by atoms with Gasteiger partial charge in [0.15, 0.2) is 5.13 Å². The third-order valence-corrected chi connectivity index (χ3v) is 4.05. The van der Waals surface area contributed by atoms with E-state index in [4.69, 9.17) is 9.47 Å². The van der Waals surface area contributed by atoms with Crippen LogP contribution in [0.2, 0.25) is 0 Å². The summed E-state index contributed by atoms with van der Waals surface area (Å²) in [5, 5.41) is 3.35. The van der Waals surface area contributed by atoms with Gasteiger partial charge in [-0.15, -0.1) is 11.3 Å². The van der Waals surface area contributed by atoms with Crippen molar-refractivity contribution in [2.75, 3.05) is 19.5 Å². The van der Waals surface area contributed by atoms with Crippen LogP contribution in [0.15, 0.2) is 24.3 Å². The lowest BCUT2D eigenvalue weighted by Gasteiger charge is -2.05. The zero-order chi connectivity index (χ0) is 16.1. The lowest BCUT2D eigenvalue weighted by Crippen LogP contribution is -2.07. The molecule has 1 heterocycles. The minimum Gasteiger partial charge on any atom is -0.497 e. The van der Waals surface area contributed by atoms with E-state index >= 15 is 0 Å². The van der Waals surface area contributed by atoms with Gasteiger partial charge in [-0.1, -0.05) is 0 Å². The number of amides is 1. The first-order valence-electron chi connectivity index (χ1n) is 6.68. The predicted octanol–water partition coefficient (Wildman–Crippen LogP) is 3.43. The van der Waals surface area contributed by atoms with Gasteiger partial charge in [0.05, 0.1) is 19.9 Å². The molecule has 0 unspecified atom stereocenters. The number of methoxy groups -OCH3 is 2. The number of benzene rings is 1. The Hall–Kier alpha value is -2.34. The van der Waals surface area contributed by atoms with Crippen molar-refractivity contribution in [2.45, 2.75) is 13.8 Å². The van der Waals surface area contributed by atoms with Crippen LogP contribution in [0, 0.1) is 13.8 Å². The highest BCUT2D eigenvalue weighted by molar-refractivity contribution is 7.15. The van der Waals surface area contributed by atoms with E-state index in [0.717, 1.165) is 16.1 Å². The van der Waals surface area contributed by atoms with E-state index in [1.54, 1.807) is 26.4 Å². The summed E-state index contributed by atoms with van der Waals surface area (Å²) in [6.45, 7) is 3.89. The van der Waals surface area contributed by atoms with Crippen molar-refractivity contribution in [1.82, 2.24) is 4.98 Å². The fourth-order valence-corrected chi connectivity index (χ4v) is 2.59. The third-order valence-electron chi connectivity index (χ3n) is 3.06. The van der Waals surface area contributed by atoms with Gasteiger partial charge < -0.3 is 9.47 Å². The number of carbonyl (C=O) groups excluding carboxylic acids is 1. The van der Waals surface area contributed by atoms with Crippen molar-refractivity contribution in [3.63, 3.8) is 0 Å². The van der Waals surface area contributed by atoms with Crippen LogP contribution in [0.4, 0.5) is 5.13 Å². The minimum atomic E-state index is -0.226. The first-order chi connectivity index (χ1) is 10.5. The zero-order valence-corrected chi connectivity index (χ0v) is 13.8. The van der Waals surface area contributed by atoms with Crippen LogP contribution in [0.25, 0.3) is 6.08 Å². The van der Waals surface area contributed by atoms with Crippen LogP contribution >= 0.6 is 11.3 Å². The Morgan fingerprint density at radius 1 is 1.18 bits per heavy atom. The van der Waals surface area contributed by atoms with Crippen LogP contribution in [0.3, 0.4) is 0 Å². The monoisotopic (exact) mass is 318 g/mol. The number of aryl methyl sites for hydroxylation is 2. The molecule has 2 rings (SSSR count). The lowest BCUT2D eigenvalue weighted by molar-refractivity contribution is -0.111. The normalized spacial score (nSPS) is 10.7. The summed E-state index contributed by atoms with van der Waals surface area (Å²) in [6.07, 6.45) is 3.16. The van der Waals surface area contributed by atoms with Gasteiger partial charge in [-0.3, -0.25) is 10.1 Å². The maximum atomic E-state index is 11.9. The van der Waals surface area contributed by atoms with Crippen molar-refractivity contribution in [3.05, 3.63) is 40.4 Å². The van der Waals surface area contributed by atoms with Crippen molar-refractivity contribution in [1.29, 1.82) is 0 Å². The number of carbonyl (C=O) groups is 1. The fraction of sp³-hybridized carbons (Fsp3) is 0.250. The molecule has 0 saturated carbocycles. The average molecular weight is 318 g/mol. The molecule has 0 aliphatic carbocycles. The van der Waals surface area contributed by atoms with Crippen LogP contribution in [0.5, 0.6) is 11.5 Å². The smallest absolute Gasteiger partial charge is 0.250 e. The third kappa shape index (κ3) is 4.08. The molecular formula is C16H18N2O3S. The quantitative estimate of drug-likeness (QED) is 0.858. The molecular weight excluding hydrogens is 300 g/mol. The van der Waals surface area contributed by atoms with Gasteiger partial charge in [0, 0.05) is 17.0 Å². The number of nitrogens with one attached hydrogen (secondary N) is 1. The molecule has 0 atom stereocenters. The van der Waals surface area contributed by atoms with E-state index in [0.29, 0.717) is 16.6 Å². The average Bonchev–Trinajstić information content (AvgIpc) is 2.82. The number of rotatable bonds is 5. The summed E-state index contributed by atoms with van der Waals surface area (Å²) in [5.74, 6) is 1.12. The van der Waals surface area contributed by atoms with E-state index in [2.05, 4.69) is 10.3 Å². The number of hydrogen-bond acceptors (Lipinski definition) is 5. The summed E-state index contributed by atoms with van der Waals surface area (Å²) >= 11 is 1.46. The number of anilines is 1. The van der Waals surface area contributed by atoms with Crippen LogP contribution in [-0.4, -0.2) is 25.1 Å². The topological polar surface area (TPSA) is 60.5 Å². The van der Waals surface area contributed by atoms with Crippen molar-refractivity contribution < 1.29 is 14.3 Å². The van der Waals surface area contributed by atoms with E-state index in [1.165, 1.54) is 17.4 Å². The molecule has 1 amide bonds. The second kappa shape index (κ2) is 7.09. The second-order valence-electron chi connectivity index (χ2n) is 4.63. The molecule has 1 N–H and O–H groups in total. The van der Waals surface area contributed by atoms with E-state index in [9.17, 15) is 4.79 Å². The number of nitrogens with zero attached hydrogens (tertiary/aromatic N) is 1. The molecule has 1 aromatic carbocycles. The fourth-order valence-electron chi connectivity index (χ4n) is 1.77. The zero-order valence-electron chi connectivity index (χ0n) is 13.0. The van der Waals surface area contributed by atoms with Crippen LogP contribution < -0.4 is 14.8 Å². The summed E-state index contributed by atoms with van der Waals surface area (Å²) in [4.78, 5) is 17.3. The molecule has 0 aliphatic rings.